The third-order valence-electron chi connectivity index (χ3n) is 6.59. The molecule has 1 heterocycles. The van der Waals surface area contributed by atoms with E-state index >= 15 is 0 Å². The Hall–Kier alpha value is -3.86. The van der Waals surface area contributed by atoms with Crippen LogP contribution >= 0.6 is 11.6 Å². The zero-order valence-corrected chi connectivity index (χ0v) is 21.5. The summed E-state index contributed by atoms with van der Waals surface area (Å²) >= 11 is 5.96. The number of furan rings is 1. The number of hydrogen-bond donors (Lipinski definition) is 2. The van der Waals surface area contributed by atoms with Gasteiger partial charge >= 0.3 is 0 Å². The molecule has 37 heavy (non-hydrogen) atoms. The molecule has 0 aliphatic carbocycles. The van der Waals surface area contributed by atoms with Crippen molar-refractivity contribution in [2.45, 2.75) is 32.4 Å². The summed E-state index contributed by atoms with van der Waals surface area (Å²) in [4.78, 5) is 13.2. The van der Waals surface area contributed by atoms with Gasteiger partial charge in [-0.15, -0.1) is 0 Å². The van der Waals surface area contributed by atoms with Crippen LogP contribution in [0.3, 0.4) is 0 Å². The number of aliphatic hydroxyl groups excluding tert-OH is 1. The van der Waals surface area contributed by atoms with Crippen LogP contribution in [0.2, 0.25) is 5.02 Å². The van der Waals surface area contributed by atoms with E-state index in [1.807, 2.05) is 54.6 Å². The van der Waals surface area contributed by atoms with E-state index < -0.39 is 6.10 Å². The van der Waals surface area contributed by atoms with Gasteiger partial charge in [0.2, 0.25) is 5.91 Å². The monoisotopic (exact) mass is 509 g/mol. The largest absolute Gasteiger partial charge is 0.458 e. The zero-order chi connectivity index (χ0) is 25.9. The van der Waals surface area contributed by atoms with E-state index in [0.29, 0.717) is 21.9 Å². The van der Waals surface area contributed by atoms with Gasteiger partial charge < -0.3 is 14.8 Å². The first-order chi connectivity index (χ1) is 17.9. The minimum atomic E-state index is -0.902. The number of rotatable bonds is 7. The molecular weight excluding hydrogens is 482 g/mol. The average molecular weight is 510 g/mol. The van der Waals surface area contributed by atoms with Crippen molar-refractivity contribution in [1.29, 1.82) is 0 Å². The van der Waals surface area contributed by atoms with Crippen LogP contribution < -0.4 is 5.32 Å². The van der Waals surface area contributed by atoms with E-state index in [0.717, 1.165) is 27.6 Å². The number of benzene rings is 4. The second-order valence-corrected chi connectivity index (χ2v) is 9.86. The molecule has 2 atom stereocenters. The number of halogens is 1. The van der Waals surface area contributed by atoms with Crippen molar-refractivity contribution in [3.05, 3.63) is 141 Å². The van der Waals surface area contributed by atoms with Crippen LogP contribution in [0.15, 0.2) is 101 Å². The fourth-order valence-corrected chi connectivity index (χ4v) is 4.83. The molecule has 1 amide bonds. The van der Waals surface area contributed by atoms with Crippen molar-refractivity contribution in [3.63, 3.8) is 0 Å². The Balaban J connectivity index is 1.36. The second-order valence-electron chi connectivity index (χ2n) is 9.42. The lowest BCUT2D eigenvalue weighted by molar-refractivity contribution is -0.120. The third kappa shape index (κ3) is 5.61. The first-order valence-corrected chi connectivity index (χ1v) is 12.6. The van der Waals surface area contributed by atoms with Crippen LogP contribution in [0.5, 0.6) is 0 Å². The van der Waals surface area contributed by atoms with Gasteiger partial charge in [0.1, 0.15) is 17.4 Å². The number of amides is 1. The predicted molar refractivity (Wildman–Crippen MR) is 148 cm³/mol. The minimum absolute atomic E-state index is 0.0712. The lowest BCUT2D eigenvalue weighted by atomic mass is 9.93. The Kier molecular flexibility index (Phi) is 7.13. The molecule has 5 rings (SSSR count). The lowest BCUT2D eigenvalue weighted by Gasteiger charge is -2.22. The number of nitrogens with one attached hydrogen (secondary N) is 1. The molecule has 4 nitrogen and oxygen atoms in total. The molecule has 0 bridgehead atoms. The highest BCUT2D eigenvalue weighted by Crippen LogP contribution is 2.30. The molecule has 5 aromatic rings. The molecule has 4 aromatic carbocycles. The van der Waals surface area contributed by atoms with E-state index in [1.54, 1.807) is 24.3 Å². The van der Waals surface area contributed by atoms with Crippen molar-refractivity contribution in [2.75, 3.05) is 0 Å². The molecule has 0 spiro atoms. The van der Waals surface area contributed by atoms with Gasteiger partial charge in [-0.25, -0.2) is 0 Å². The number of fused-ring (bicyclic) bond motifs is 1. The molecule has 5 heteroatoms. The van der Waals surface area contributed by atoms with E-state index in [9.17, 15) is 9.90 Å². The quantitative estimate of drug-likeness (QED) is 0.243. The highest BCUT2D eigenvalue weighted by molar-refractivity contribution is 6.30. The maximum absolute atomic E-state index is 13.2. The van der Waals surface area contributed by atoms with Crippen molar-refractivity contribution in [2.24, 2.45) is 0 Å². The first-order valence-electron chi connectivity index (χ1n) is 12.2. The van der Waals surface area contributed by atoms with Crippen LogP contribution in [0.1, 0.15) is 51.3 Å². The molecule has 1 aromatic heterocycles. The summed E-state index contributed by atoms with van der Waals surface area (Å²) in [5, 5.41) is 15.4. The SMILES string of the molecule is Cc1ccc(C(NC(=O)Cc2ccc3oc(C(O)c4ccc(Cl)cc4)cc3c2)c2ccccc2)c(C)c1. The Labute approximate surface area is 221 Å². The normalized spacial score (nSPS) is 12.9. The summed E-state index contributed by atoms with van der Waals surface area (Å²) in [6, 6.07) is 30.6. The van der Waals surface area contributed by atoms with Crippen LogP contribution in [-0.2, 0) is 11.2 Å². The molecule has 0 aliphatic heterocycles. The summed E-state index contributed by atoms with van der Waals surface area (Å²) in [6.07, 6.45) is -0.675. The van der Waals surface area contributed by atoms with Gasteiger partial charge in [0, 0.05) is 10.4 Å². The van der Waals surface area contributed by atoms with Gasteiger partial charge in [0.15, 0.2) is 0 Å². The van der Waals surface area contributed by atoms with Crippen molar-refractivity contribution < 1.29 is 14.3 Å². The summed E-state index contributed by atoms with van der Waals surface area (Å²) in [5.41, 5.74) is 6.66. The van der Waals surface area contributed by atoms with Gasteiger partial charge in [-0.3, -0.25) is 4.79 Å². The lowest BCUT2D eigenvalue weighted by Crippen LogP contribution is -2.31. The fourth-order valence-electron chi connectivity index (χ4n) is 4.70. The standard InChI is InChI=1S/C32H28ClNO3/c1-20-8-14-27(21(2)16-20)31(23-6-4-3-5-7-23)34-30(35)18-22-9-15-28-25(17-22)19-29(37-28)32(36)24-10-12-26(33)13-11-24/h3-17,19,31-32,36H,18H2,1-2H3,(H,34,35). The smallest absolute Gasteiger partial charge is 0.225 e. The molecule has 2 N–H and O–H groups in total. The van der Waals surface area contributed by atoms with Crippen molar-refractivity contribution >= 4 is 28.5 Å². The van der Waals surface area contributed by atoms with Gasteiger partial charge in [-0.05, 0) is 72.0 Å². The van der Waals surface area contributed by atoms with Crippen LogP contribution in [-0.4, -0.2) is 11.0 Å². The van der Waals surface area contributed by atoms with E-state index in [2.05, 4.69) is 37.4 Å². The fraction of sp³-hybridized carbons (Fsp3) is 0.156. The molecule has 0 fully saturated rings. The Bertz CT molecular complexity index is 1540. The summed E-state index contributed by atoms with van der Waals surface area (Å²) in [6.45, 7) is 4.14. The molecule has 186 valence electrons. The third-order valence-corrected chi connectivity index (χ3v) is 6.85. The molecule has 0 saturated heterocycles. The zero-order valence-electron chi connectivity index (χ0n) is 20.7. The number of carbonyl (C=O) groups excluding carboxylic acids is 1. The molecule has 0 aliphatic rings. The Morgan fingerprint density at radius 3 is 2.38 bits per heavy atom. The van der Waals surface area contributed by atoms with Crippen molar-refractivity contribution in [1.82, 2.24) is 5.32 Å². The predicted octanol–water partition coefficient (Wildman–Crippen LogP) is 7.23. The van der Waals surface area contributed by atoms with Gasteiger partial charge in [-0.2, -0.15) is 0 Å². The molecular formula is C32H28ClNO3. The van der Waals surface area contributed by atoms with Crippen molar-refractivity contribution in [3.8, 4) is 0 Å². The maximum atomic E-state index is 13.2. The summed E-state index contributed by atoms with van der Waals surface area (Å²) < 4.78 is 5.89. The van der Waals surface area contributed by atoms with Gasteiger partial charge in [0.25, 0.3) is 0 Å². The number of carbonyl (C=O) groups is 1. The van der Waals surface area contributed by atoms with Crippen LogP contribution in [0.25, 0.3) is 11.0 Å². The Morgan fingerprint density at radius 1 is 0.892 bits per heavy atom. The first kappa shape index (κ1) is 24.8. The van der Waals surface area contributed by atoms with Gasteiger partial charge in [-0.1, -0.05) is 83.9 Å². The molecule has 0 saturated carbocycles. The van der Waals surface area contributed by atoms with E-state index in [1.165, 1.54) is 5.56 Å². The summed E-state index contributed by atoms with van der Waals surface area (Å²) in [7, 11) is 0. The van der Waals surface area contributed by atoms with Gasteiger partial charge in [0.05, 0.1) is 12.5 Å². The molecule has 2 unspecified atom stereocenters. The van der Waals surface area contributed by atoms with Crippen LogP contribution in [0.4, 0.5) is 0 Å². The van der Waals surface area contributed by atoms with E-state index in [4.69, 9.17) is 16.0 Å². The number of aryl methyl sites for hydroxylation is 2. The second kappa shape index (κ2) is 10.6. The van der Waals surface area contributed by atoms with Crippen LogP contribution in [0, 0.1) is 13.8 Å². The minimum Gasteiger partial charge on any atom is -0.458 e. The topological polar surface area (TPSA) is 62.5 Å². The average Bonchev–Trinajstić information content (AvgIpc) is 3.32. The summed E-state index contributed by atoms with van der Waals surface area (Å²) in [5.74, 6) is 0.371. The van der Waals surface area contributed by atoms with E-state index in [-0.39, 0.29) is 18.4 Å². The number of aliphatic hydroxyl groups is 1. The number of hydrogen-bond acceptors (Lipinski definition) is 3. The molecule has 0 radical (unpaired) electrons. The Morgan fingerprint density at radius 2 is 1.65 bits per heavy atom. The highest BCUT2D eigenvalue weighted by Gasteiger charge is 2.20. The highest BCUT2D eigenvalue weighted by atomic mass is 35.5. The maximum Gasteiger partial charge on any atom is 0.225 e.